The molecule has 0 aliphatic carbocycles. The van der Waals surface area contributed by atoms with Crippen LogP contribution in [-0.2, 0) is 16.8 Å². The highest BCUT2D eigenvalue weighted by Crippen LogP contribution is 2.25. The van der Waals surface area contributed by atoms with E-state index in [0.717, 1.165) is 25.8 Å². The lowest BCUT2D eigenvalue weighted by Gasteiger charge is -2.21. The molecule has 0 aliphatic rings. The average molecular weight is 255 g/mol. The van der Waals surface area contributed by atoms with Crippen LogP contribution >= 0.6 is 0 Å². The Kier molecular flexibility index (Phi) is 5.75. The highest BCUT2D eigenvalue weighted by Gasteiger charge is 2.30. The molecule has 18 heavy (non-hydrogen) atoms. The summed E-state index contributed by atoms with van der Waals surface area (Å²) >= 11 is 0. The Hall–Kier alpha value is -0.940. The van der Waals surface area contributed by atoms with Gasteiger partial charge in [0.05, 0.1) is 0 Å². The Morgan fingerprint density at radius 1 is 1.44 bits per heavy atom. The maximum absolute atomic E-state index is 5.46. The van der Waals surface area contributed by atoms with Gasteiger partial charge in [0.25, 0.3) is 0 Å². The maximum atomic E-state index is 5.46. The summed E-state index contributed by atoms with van der Waals surface area (Å²) < 4.78 is 10.7. The van der Waals surface area contributed by atoms with Crippen molar-refractivity contribution in [2.24, 2.45) is 0 Å². The van der Waals surface area contributed by atoms with Gasteiger partial charge in [-0.3, -0.25) is 0 Å². The van der Waals surface area contributed by atoms with Gasteiger partial charge in [-0.2, -0.15) is 4.98 Å². The van der Waals surface area contributed by atoms with Crippen LogP contribution in [0.2, 0.25) is 0 Å². The number of nitrogens with one attached hydrogen (secondary N) is 1. The molecule has 0 aliphatic heterocycles. The van der Waals surface area contributed by atoms with Gasteiger partial charge in [-0.15, -0.1) is 0 Å². The van der Waals surface area contributed by atoms with E-state index in [-0.39, 0.29) is 0 Å². The van der Waals surface area contributed by atoms with Gasteiger partial charge in [-0.05, 0) is 33.2 Å². The van der Waals surface area contributed by atoms with E-state index in [2.05, 4.69) is 29.3 Å². The Morgan fingerprint density at radius 2 is 2.17 bits per heavy atom. The zero-order valence-electron chi connectivity index (χ0n) is 12.1. The first-order chi connectivity index (χ1) is 8.55. The molecule has 0 bridgehead atoms. The van der Waals surface area contributed by atoms with E-state index >= 15 is 0 Å². The molecule has 0 radical (unpaired) electrons. The average Bonchev–Trinajstić information content (AvgIpc) is 2.84. The molecule has 1 aromatic rings. The summed E-state index contributed by atoms with van der Waals surface area (Å²) in [6.45, 7) is 9.29. The fraction of sp³-hybridized carbons (Fsp3) is 0.846. The van der Waals surface area contributed by atoms with Crippen LogP contribution < -0.4 is 5.32 Å². The van der Waals surface area contributed by atoms with Gasteiger partial charge in [0.15, 0.2) is 0 Å². The second-order valence-electron chi connectivity index (χ2n) is 4.86. The van der Waals surface area contributed by atoms with Gasteiger partial charge in [-0.25, -0.2) is 0 Å². The third kappa shape index (κ3) is 3.78. The predicted molar refractivity (Wildman–Crippen MR) is 70.4 cm³/mol. The third-order valence-electron chi connectivity index (χ3n) is 3.29. The molecular weight excluding hydrogens is 230 g/mol. The number of hydrogen-bond acceptors (Lipinski definition) is 5. The Balaban J connectivity index is 2.63. The summed E-state index contributed by atoms with van der Waals surface area (Å²) in [5.74, 6) is 1.29. The summed E-state index contributed by atoms with van der Waals surface area (Å²) in [7, 11) is 1.67. The molecule has 0 spiro atoms. The Morgan fingerprint density at radius 3 is 2.72 bits per heavy atom. The summed E-state index contributed by atoms with van der Waals surface area (Å²) in [5.41, 5.74) is -0.457. The topological polar surface area (TPSA) is 60.2 Å². The molecule has 1 N–H and O–H groups in total. The molecule has 5 heteroatoms. The van der Waals surface area contributed by atoms with E-state index in [1.54, 1.807) is 7.11 Å². The lowest BCUT2D eigenvalue weighted by Crippen LogP contribution is -2.29. The van der Waals surface area contributed by atoms with Gasteiger partial charge in [0.2, 0.25) is 11.7 Å². The zero-order valence-corrected chi connectivity index (χ0v) is 12.1. The van der Waals surface area contributed by atoms with Crippen LogP contribution in [0.15, 0.2) is 4.52 Å². The second kappa shape index (κ2) is 6.85. The van der Waals surface area contributed by atoms with Crippen molar-refractivity contribution in [3.63, 3.8) is 0 Å². The standard InChI is InChI=1S/C13H25N3O2/c1-6-8-14-10(3)9-11-15-12(16-18-11)13(4,7-2)17-5/h10,14H,6-9H2,1-5H3. The first kappa shape index (κ1) is 15.1. The first-order valence-electron chi connectivity index (χ1n) is 6.67. The minimum Gasteiger partial charge on any atom is -0.370 e. The van der Waals surface area contributed by atoms with Crippen LogP contribution in [0.25, 0.3) is 0 Å². The van der Waals surface area contributed by atoms with Crippen molar-refractivity contribution in [1.29, 1.82) is 0 Å². The molecule has 0 amide bonds. The van der Waals surface area contributed by atoms with E-state index in [4.69, 9.17) is 9.26 Å². The largest absolute Gasteiger partial charge is 0.370 e. The van der Waals surface area contributed by atoms with Gasteiger partial charge in [0.1, 0.15) is 5.60 Å². The lowest BCUT2D eigenvalue weighted by atomic mass is 10.0. The number of methoxy groups -OCH3 is 1. The van der Waals surface area contributed by atoms with Crippen LogP contribution in [0.5, 0.6) is 0 Å². The normalized spacial score (nSPS) is 16.5. The van der Waals surface area contributed by atoms with Crippen molar-refractivity contribution >= 4 is 0 Å². The Labute approximate surface area is 109 Å². The molecule has 1 aromatic heterocycles. The highest BCUT2D eigenvalue weighted by molar-refractivity contribution is 4.99. The monoisotopic (exact) mass is 255 g/mol. The fourth-order valence-electron chi connectivity index (χ4n) is 1.67. The van der Waals surface area contributed by atoms with Crippen molar-refractivity contribution in [2.75, 3.05) is 13.7 Å². The minimum atomic E-state index is -0.457. The van der Waals surface area contributed by atoms with Crippen molar-refractivity contribution < 1.29 is 9.26 Å². The third-order valence-corrected chi connectivity index (χ3v) is 3.29. The summed E-state index contributed by atoms with van der Waals surface area (Å²) in [4.78, 5) is 4.43. The molecule has 1 heterocycles. The zero-order chi connectivity index (χ0) is 13.6. The van der Waals surface area contributed by atoms with Crippen LogP contribution in [-0.4, -0.2) is 29.8 Å². The predicted octanol–water partition coefficient (Wildman–Crippen LogP) is 2.27. The van der Waals surface area contributed by atoms with E-state index in [1.165, 1.54) is 0 Å². The maximum Gasteiger partial charge on any atom is 0.228 e. The molecule has 104 valence electrons. The van der Waals surface area contributed by atoms with Gasteiger partial charge < -0.3 is 14.6 Å². The summed E-state index contributed by atoms with van der Waals surface area (Å²) in [5, 5.41) is 7.42. The van der Waals surface area contributed by atoms with Crippen LogP contribution in [0, 0.1) is 0 Å². The van der Waals surface area contributed by atoms with Crippen molar-refractivity contribution in [1.82, 2.24) is 15.5 Å². The minimum absolute atomic E-state index is 0.341. The molecule has 0 saturated carbocycles. The first-order valence-corrected chi connectivity index (χ1v) is 6.67. The molecule has 0 fully saturated rings. The lowest BCUT2D eigenvalue weighted by molar-refractivity contribution is -0.0106. The molecule has 0 saturated heterocycles. The fourth-order valence-corrected chi connectivity index (χ4v) is 1.67. The molecular formula is C13H25N3O2. The molecule has 2 unspecified atom stereocenters. The second-order valence-corrected chi connectivity index (χ2v) is 4.86. The summed E-state index contributed by atoms with van der Waals surface area (Å²) in [6.07, 6.45) is 2.68. The number of hydrogen-bond donors (Lipinski definition) is 1. The van der Waals surface area contributed by atoms with Crippen LogP contribution in [0.3, 0.4) is 0 Å². The van der Waals surface area contributed by atoms with E-state index < -0.39 is 5.60 Å². The SMILES string of the molecule is CCCNC(C)Cc1nc(C(C)(CC)OC)no1. The van der Waals surface area contributed by atoms with Crippen LogP contribution in [0.1, 0.15) is 52.3 Å². The number of aromatic nitrogens is 2. The van der Waals surface area contributed by atoms with E-state index in [0.29, 0.717) is 17.8 Å². The van der Waals surface area contributed by atoms with Crippen LogP contribution in [0.4, 0.5) is 0 Å². The van der Waals surface area contributed by atoms with Gasteiger partial charge in [0, 0.05) is 19.6 Å². The van der Waals surface area contributed by atoms with Gasteiger partial charge >= 0.3 is 0 Å². The Bertz CT molecular complexity index is 348. The number of rotatable bonds is 8. The molecule has 2 atom stereocenters. The smallest absolute Gasteiger partial charge is 0.228 e. The van der Waals surface area contributed by atoms with Crippen molar-refractivity contribution in [3.05, 3.63) is 11.7 Å². The molecule has 0 aromatic carbocycles. The number of nitrogens with zero attached hydrogens (tertiary/aromatic N) is 2. The van der Waals surface area contributed by atoms with E-state index in [9.17, 15) is 0 Å². The summed E-state index contributed by atoms with van der Waals surface area (Å²) in [6, 6.07) is 0.341. The van der Waals surface area contributed by atoms with E-state index in [1.807, 2.05) is 13.8 Å². The molecule has 5 nitrogen and oxygen atoms in total. The quantitative estimate of drug-likeness (QED) is 0.772. The number of ether oxygens (including phenoxy) is 1. The molecule has 1 rings (SSSR count). The van der Waals surface area contributed by atoms with Crippen molar-refractivity contribution in [3.8, 4) is 0 Å². The van der Waals surface area contributed by atoms with Gasteiger partial charge in [-0.1, -0.05) is 19.0 Å². The highest BCUT2D eigenvalue weighted by atomic mass is 16.5. The van der Waals surface area contributed by atoms with Crippen molar-refractivity contribution in [2.45, 2.75) is 58.6 Å².